The molecule has 280 valence electrons. The Morgan fingerprint density at radius 2 is 0.667 bits per heavy atom. The second kappa shape index (κ2) is 16.7. The molecule has 0 aliphatic rings. The lowest BCUT2D eigenvalue weighted by atomic mass is 9.49. The van der Waals surface area contributed by atoms with Crippen molar-refractivity contribution in [1.29, 1.82) is 0 Å². The van der Waals surface area contributed by atoms with Crippen LogP contribution >= 0.6 is 0 Å². The molecular formula is C54H46O3. The molecule has 0 amide bonds. The van der Waals surface area contributed by atoms with Crippen LogP contribution < -0.4 is 4.74 Å². The maximum absolute atomic E-state index is 12.2. The molecule has 0 fully saturated rings. The molecule has 0 aromatic heterocycles. The van der Waals surface area contributed by atoms with Crippen molar-refractivity contribution in [3.8, 4) is 5.75 Å². The predicted octanol–water partition coefficient (Wildman–Crippen LogP) is 12.1. The lowest BCUT2D eigenvalue weighted by molar-refractivity contribution is -0.236. The minimum absolute atomic E-state index is 0.658. The van der Waals surface area contributed by atoms with E-state index in [2.05, 4.69) is 164 Å². The Labute approximate surface area is 336 Å². The van der Waals surface area contributed by atoms with Gasteiger partial charge in [-0.3, -0.25) is 0 Å². The fourth-order valence-corrected chi connectivity index (χ4v) is 8.82. The summed E-state index contributed by atoms with van der Waals surface area (Å²) in [6.45, 7) is 1.81. The fraction of sp³-hybridized carbons (Fsp3) is 0.111. The van der Waals surface area contributed by atoms with Gasteiger partial charge in [-0.25, -0.2) is 0 Å². The third-order valence-corrected chi connectivity index (χ3v) is 11.1. The van der Waals surface area contributed by atoms with Gasteiger partial charge in [0.05, 0.1) is 11.5 Å². The van der Waals surface area contributed by atoms with E-state index in [9.17, 15) is 5.11 Å². The minimum atomic E-state index is -1.58. The Morgan fingerprint density at radius 1 is 0.368 bits per heavy atom. The molecule has 0 bridgehead atoms. The van der Waals surface area contributed by atoms with Crippen LogP contribution in [0.15, 0.2) is 243 Å². The Kier molecular flexibility index (Phi) is 11.0. The molecule has 8 aromatic carbocycles. The fourth-order valence-electron chi connectivity index (χ4n) is 8.82. The standard InChI is InChI=1S/C54H46O3/c1-42(55)51(43-26-10-2-11-27-43)57-54(49-38-22-8-23-39-49,52(44-28-12-3-13-29-44,45-30-14-4-15-31-45)46-32-16-5-17-33-46)53(47-34-18-6-19-35-47,48-36-20-7-21-37-48)56-50-40-24-9-25-41-50/h2-42,51,55H,1H3. The molecule has 0 aliphatic heterocycles. The van der Waals surface area contributed by atoms with Crippen LogP contribution in [0.25, 0.3) is 0 Å². The van der Waals surface area contributed by atoms with Crippen LogP contribution in [0.1, 0.15) is 52.0 Å². The van der Waals surface area contributed by atoms with Gasteiger partial charge in [-0.1, -0.05) is 231 Å². The van der Waals surface area contributed by atoms with Crippen molar-refractivity contribution in [2.24, 2.45) is 0 Å². The molecule has 3 nitrogen and oxygen atoms in total. The number of para-hydroxylation sites is 1. The third-order valence-electron chi connectivity index (χ3n) is 11.1. The molecule has 0 saturated heterocycles. The van der Waals surface area contributed by atoms with Crippen molar-refractivity contribution in [2.45, 2.75) is 35.7 Å². The second-order valence-corrected chi connectivity index (χ2v) is 14.4. The molecule has 1 N–H and O–H groups in total. The van der Waals surface area contributed by atoms with Crippen LogP contribution in [0, 0.1) is 0 Å². The zero-order valence-corrected chi connectivity index (χ0v) is 32.0. The molecule has 0 radical (unpaired) electrons. The van der Waals surface area contributed by atoms with Gasteiger partial charge in [-0.05, 0) is 46.9 Å². The molecule has 0 saturated carbocycles. The van der Waals surface area contributed by atoms with Crippen LogP contribution in [-0.2, 0) is 21.4 Å². The van der Waals surface area contributed by atoms with Crippen LogP contribution in [0.5, 0.6) is 5.75 Å². The van der Waals surface area contributed by atoms with E-state index in [1.54, 1.807) is 0 Å². The Balaban J connectivity index is 1.71. The summed E-state index contributed by atoms with van der Waals surface area (Å²) in [5.41, 5.74) is 2.12. The Bertz CT molecular complexity index is 2270. The number of ether oxygens (including phenoxy) is 2. The van der Waals surface area contributed by atoms with Gasteiger partial charge < -0.3 is 14.6 Å². The van der Waals surface area contributed by atoms with E-state index in [-0.39, 0.29) is 0 Å². The number of hydrogen-bond donors (Lipinski definition) is 1. The van der Waals surface area contributed by atoms with Crippen molar-refractivity contribution in [3.05, 3.63) is 282 Å². The van der Waals surface area contributed by atoms with E-state index < -0.39 is 28.8 Å². The Morgan fingerprint density at radius 3 is 1.02 bits per heavy atom. The van der Waals surface area contributed by atoms with Crippen molar-refractivity contribution >= 4 is 0 Å². The number of hydrogen-bond acceptors (Lipinski definition) is 3. The van der Waals surface area contributed by atoms with Gasteiger partial charge in [-0.2, -0.15) is 0 Å². The minimum Gasteiger partial charge on any atom is -0.474 e. The maximum Gasteiger partial charge on any atom is 0.193 e. The van der Waals surface area contributed by atoms with Gasteiger partial charge in [0, 0.05) is 11.1 Å². The topological polar surface area (TPSA) is 38.7 Å². The first-order valence-electron chi connectivity index (χ1n) is 19.6. The molecule has 3 atom stereocenters. The van der Waals surface area contributed by atoms with Gasteiger partial charge in [0.25, 0.3) is 0 Å². The summed E-state index contributed by atoms with van der Waals surface area (Å²) in [7, 11) is 0. The largest absolute Gasteiger partial charge is 0.474 e. The van der Waals surface area contributed by atoms with E-state index in [4.69, 9.17) is 9.47 Å². The van der Waals surface area contributed by atoms with Gasteiger partial charge in [0.15, 0.2) is 11.2 Å². The summed E-state index contributed by atoms with van der Waals surface area (Å²) in [6, 6.07) is 83.4. The highest BCUT2D eigenvalue weighted by molar-refractivity contribution is 5.62. The number of aliphatic hydroxyl groups excluding tert-OH is 1. The van der Waals surface area contributed by atoms with Gasteiger partial charge in [0.1, 0.15) is 11.9 Å². The number of aliphatic hydroxyl groups is 1. The summed E-state index contributed by atoms with van der Waals surface area (Å²) in [6.07, 6.45) is -1.79. The monoisotopic (exact) mass is 742 g/mol. The highest BCUT2D eigenvalue weighted by atomic mass is 16.6. The molecule has 3 unspecified atom stereocenters. The average molecular weight is 743 g/mol. The summed E-state index contributed by atoms with van der Waals surface area (Å²) < 4.78 is 16.3. The van der Waals surface area contributed by atoms with E-state index >= 15 is 0 Å². The molecule has 8 rings (SSSR count). The first-order chi connectivity index (χ1) is 28.1. The molecule has 0 aliphatic carbocycles. The number of benzene rings is 8. The Hall–Kier alpha value is -6.52. The number of rotatable bonds is 14. The van der Waals surface area contributed by atoms with Gasteiger partial charge in [0.2, 0.25) is 0 Å². The lowest BCUT2D eigenvalue weighted by Gasteiger charge is -2.61. The molecule has 8 aromatic rings. The lowest BCUT2D eigenvalue weighted by Crippen LogP contribution is -2.67. The zero-order valence-electron chi connectivity index (χ0n) is 32.0. The second-order valence-electron chi connectivity index (χ2n) is 14.4. The van der Waals surface area contributed by atoms with Crippen molar-refractivity contribution in [1.82, 2.24) is 0 Å². The van der Waals surface area contributed by atoms with Crippen molar-refractivity contribution in [2.75, 3.05) is 0 Å². The first-order valence-corrected chi connectivity index (χ1v) is 19.6. The molecule has 57 heavy (non-hydrogen) atoms. The highest BCUT2D eigenvalue weighted by Gasteiger charge is 2.71. The summed E-state index contributed by atoms with van der Waals surface area (Å²) in [4.78, 5) is 0. The average Bonchev–Trinajstić information content (AvgIpc) is 3.29. The molecule has 0 heterocycles. The summed E-state index contributed by atoms with van der Waals surface area (Å²) in [5, 5.41) is 12.2. The highest BCUT2D eigenvalue weighted by Crippen LogP contribution is 2.65. The SMILES string of the molecule is CC(O)C(OC(c1ccccc1)(C(Oc1ccccc1)(c1ccccc1)c1ccccc1)C(c1ccccc1)(c1ccccc1)c1ccccc1)c1ccccc1. The van der Waals surface area contributed by atoms with Crippen LogP contribution in [0.3, 0.4) is 0 Å². The first kappa shape index (κ1) is 37.4. The molecule has 3 heteroatoms. The quantitative estimate of drug-likeness (QED) is 0.113. The third kappa shape index (κ3) is 6.65. The molecule has 0 spiro atoms. The smallest absolute Gasteiger partial charge is 0.193 e. The normalized spacial score (nSPS) is 13.9. The summed E-state index contributed by atoms with van der Waals surface area (Å²) >= 11 is 0. The zero-order chi connectivity index (χ0) is 39.0. The maximum atomic E-state index is 12.2. The van der Waals surface area contributed by atoms with Crippen LogP contribution in [-0.4, -0.2) is 11.2 Å². The van der Waals surface area contributed by atoms with E-state index in [0.717, 1.165) is 38.9 Å². The van der Waals surface area contributed by atoms with Gasteiger partial charge >= 0.3 is 0 Å². The van der Waals surface area contributed by atoms with E-state index in [0.29, 0.717) is 5.75 Å². The van der Waals surface area contributed by atoms with Gasteiger partial charge in [-0.15, -0.1) is 0 Å². The van der Waals surface area contributed by atoms with Crippen LogP contribution in [0.4, 0.5) is 0 Å². The summed E-state index contributed by atoms with van der Waals surface area (Å²) in [5.74, 6) is 0.658. The predicted molar refractivity (Wildman–Crippen MR) is 230 cm³/mol. The van der Waals surface area contributed by atoms with E-state index in [1.165, 1.54) is 0 Å². The van der Waals surface area contributed by atoms with Crippen LogP contribution in [0.2, 0.25) is 0 Å². The van der Waals surface area contributed by atoms with Crippen molar-refractivity contribution < 1.29 is 14.6 Å². The van der Waals surface area contributed by atoms with Crippen molar-refractivity contribution in [3.63, 3.8) is 0 Å². The van der Waals surface area contributed by atoms with E-state index in [1.807, 2.05) is 85.8 Å². The molecular weight excluding hydrogens is 697 g/mol.